The fourth-order valence-corrected chi connectivity index (χ4v) is 1.42. The van der Waals surface area contributed by atoms with E-state index in [0.29, 0.717) is 5.57 Å². The number of hydrogen-bond donors (Lipinski definition) is 0. The Balaban J connectivity index is 3.10. The first-order chi connectivity index (χ1) is 7.68. The molecule has 1 radical (unpaired) electrons. The molecule has 0 saturated carbocycles. The van der Waals surface area contributed by atoms with Crippen LogP contribution in [-0.2, 0) is 9.53 Å². The molecule has 0 aliphatic rings. The van der Waals surface area contributed by atoms with Crippen molar-refractivity contribution in [2.75, 3.05) is 0 Å². The number of ether oxygens (including phenoxy) is 1. The summed E-state index contributed by atoms with van der Waals surface area (Å²) < 4.78 is 4.89. The van der Waals surface area contributed by atoms with Gasteiger partial charge >= 0.3 is 5.97 Å². The predicted octanol–water partition coefficient (Wildman–Crippen LogP) is 4.41. The molecule has 93 valence electrons. The molecule has 0 aliphatic carbocycles. The average Bonchev–Trinajstić information content (AvgIpc) is 2.26. The highest BCUT2D eigenvalue weighted by atomic mass is 16.5. The molecule has 0 atom stereocenters. The molecule has 0 aromatic heterocycles. The summed E-state index contributed by atoms with van der Waals surface area (Å²) in [6, 6.07) is 0. The standard InChI is InChI=1S/C14H25O2/c1-4-5-6-7-8-9-10-11-12-16-14(15)13(2)3/h12H,2,4-11H2,1,3H3. The van der Waals surface area contributed by atoms with Crippen molar-refractivity contribution in [3.63, 3.8) is 0 Å². The van der Waals surface area contributed by atoms with E-state index in [1.165, 1.54) is 38.5 Å². The van der Waals surface area contributed by atoms with Crippen molar-refractivity contribution in [2.45, 2.75) is 65.2 Å². The van der Waals surface area contributed by atoms with Gasteiger partial charge in [0.25, 0.3) is 0 Å². The predicted molar refractivity (Wildman–Crippen MR) is 67.8 cm³/mol. The molecular weight excluding hydrogens is 200 g/mol. The Morgan fingerprint density at radius 3 is 2.25 bits per heavy atom. The molecule has 0 aromatic carbocycles. The molecule has 0 unspecified atom stereocenters. The maximum absolute atomic E-state index is 11.0. The molecule has 0 amide bonds. The molecule has 0 spiro atoms. The second kappa shape index (κ2) is 10.7. The van der Waals surface area contributed by atoms with Crippen LogP contribution in [0.3, 0.4) is 0 Å². The number of esters is 1. The zero-order chi connectivity index (χ0) is 12.2. The van der Waals surface area contributed by atoms with Gasteiger partial charge in [0.2, 0.25) is 0 Å². The largest absolute Gasteiger partial charge is 0.455 e. The summed E-state index contributed by atoms with van der Waals surface area (Å²) in [7, 11) is 0. The second-order valence-corrected chi connectivity index (χ2v) is 4.26. The summed E-state index contributed by atoms with van der Waals surface area (Å²) in [5.41, 5.74) is 0.454. The summed E-state index contributed by atoms with van der Waals surface area (Å²) >= 11 is 0. The fraction of sp³-hybridized carbons (Fsp3) is 0.714. The Kier molecular flexibility index (Phi) is 10.2. The normalized spacial score (nSPS) is 10.1. The van der Waals surface area contributed by atoms with Gasteiger partial charge in [-0.2, -0.15) is 0 Å². The van der Waals surface area contributed by atoms with Crippen molar-refractivity contribution < 1.29 is 9.53 Å². The highest BCUT2D eigenvalue weighted by Gasteiger charge is 2.02. The van der Waals surface area contributed by atoms with Crippen molar-refractivity contribution in [3.8, 4) is 0 Å². The van der Waals surface area contributed by atoms with Gasteiger partial charge in [-0.15, -0.1) is 0 Å². The maximum Gasteiger partial charge on any atom is 0.333 e. The van der Waals surface area contributed by atoms with Gasteiger partial charge in [0.15, 0.2) is 0 Å². The third-order valence-corrected chi connectivity index (χ3v) is 2.46. The van der Waals surface area contributed by atoms with Crippen LogP contribution in [0.25, 0.3) is 0 Å². The number of hydrogen-bond acceptors (Lipinski definition) is 2. The number of rotatable bonds is 10. The fourth-order valence-electron chi connectivity index (χ4n) is 1.42. The quantitative estimate of drug-likeness (QED) is 0.313. The zero-order valence-electron chi connectivity index (χ0n) is 10.8. The Morgan fingerprint density at radius 2 is 1.69 bits per heavy atom. The summed E-state index contributed by atoms with van der Waals surface area (Å²) in [6.45, 7) is 9.00. The average molecular weight is 225 g/mol. The van der Waals surface area contributed by atoms with Crippen LogP contribution in [0.4, 0.5) is 0 Å². The lowest BCUT2D eigenvalue weighted by molar-refractivity contribution is -0.135. The van der Waals surface area contributed by atoms with E-state index < -0.39 is 0 Å². The van der Waals surface area contributed by atoms with Crippen LogP contribution < -0.4 is 0 Å². The summed E-state index contributed by atoms with van der Waals surface area (Å²) in [4.78, 5) is 11.0. The van der Waals surface area contributed by atoms with Gasteiger partial charge in [-0.05, 0) is 19.8 Å². The first-order valence-corrected chi connectivity index (χ1v) is 6.36. The lowest BCUT2D eigenvalue weighted by Gasteiger charge is -2.03. The monoisotopic (exact) mass is 225 g/mol. The van der Waals surface area contributed by atoms with Crippen LogP contribution in [0.1, 0.15) is 65.2 Å². The van der Waals surface area contributed by atoms with E-state index in [9.17, 15) is 4.79 Å². The van der Waals surface area contributed by atoms with E-state index in [2.05, 4.69) is 13.5 Å². The molecule has 0 fully saturated rings. The van der Waals surface area contributed by atoms with E-state index >= 15 is 0 Å². The van der Waals surface area contributed by atoms with Crippen molar-refractivity contribution >= 4 is 5.97 Å². The minimum Gasteiger partial charge on any atom is -0.455 e. The first-order valence-electron chi connectivity index (χ1n) is 6.36. The molecule has 0 aromatic rings. The van der Waals surface area contributed by atoms with E-state index in [-0.39, 0.29) is 5.97 Å². The zero-order valence-corrected chi connectivity index (χ0v) is 10.8. The lowest BCUT2D eigenvalue weighted by Crippen LogP contribution is -2.02. The van der Waals surface area contributed by atoms with Crippen molar-refractivity contribution in [2.24, 2.45) is 0 Å². The molecule has 2 nitrogen and oxygen atoms in total. The van der Waals surface area contributed by atoms with Crippen molar-refractivity contribution in [1.82, 2.24) is 0 Å². The van der Waals surface area contributed by atoms with E-state index in [0.717, 1.165) is 12.8 Å². The highest BCUT2D eigenvalue weighted by molar-refractivity contribution is 5.87. The second-order valence-electron chi connectivity index (χ2n) is 4.26. The Bertz CT molecular complexity index is 197. The van der Waals surface area contributed by atoms with Crippen LogP contribution in [-0.4, -0.2) is 5.97 Å². The lowest BCUT2D eigenvalue weighted by atomic mass is 10.1. The SMILES string of the molecule is C=C(C)C(=O)O[CH]CCCCCCCCC. The molecule has 0 bridgehead atoms. The van der Waals surface area contributed by atoms with Crippen LogP contribution in [0.2, 0.25) is 0 Å². The van der Waals surface area contributed by atoms with Gasteiger partial charge in [-0.1, -0.05) is 52.0 Å². The van der Waals surface area contributed by atoms with Crippen LogP contribution in [0.5, 0.6) is 0 Å². The van der Waals surface area contributed by atoms with Gasteiger partial charge in [0.05, 0.1) is 0 Å². The first kappa shape index (κ1) is 15.2. The third kappa shape index (κ3) is 9.75. The minimum absolute atomic E-state index is 0.317. The molecule has 0 N–H and O–H groups in total. The number of carbonyl (C=O) groups excluding carboxylic acids is 1. The summed E-state index contributed by atoms with van der Waals surface area (Å²) in [6.07, 6.45) is 9.81. The maximum atomic E-state index is 11.0. The molecule has 0 aliphatic heterocycles. The molecule has 0 rings (SSSR count). The molecular formula is C14H25O2. The Morgan fingerprint density at radius 1 is 1.12 bits per heavy atom. The summed E-state index contributed by atoms with van der Waals surface area (Å²) in [5, 5.41) is 0. The van der Waals surface area contributed by atoms with E-state index in [4.69, 9.17) is 4.74 Å². The number of carbonyl (C=O) groups is 1. The molecule has 16 heavy (non-hydrogen) atoms. The van der Waals surface area contributed by atoms with Crippen LogP contribution in [0.15, 0.2) is 12.2 Å². The third-order valence-electron chi connectivity index (χ3n) is 2.46. The van der Waals surface area contributed by atoms with Gasteiger partial charge in [0.1, 0.15) is 6.61 Å². The van der Waals surface area contributed by atoms with Gasteiger partial charge in [-0.3, -0.25) is 0 Å². The van der Waals surface area contributed by atoms with Gasteiger partial charge < -0.3 is 4.74 Å². The summed E-state index contributed by atoms with van der Waals surface area (Å²) in [5.74, 6) is -0.317. The van der Waals surface area contributed by atoms with Crippen LogP contribution >= 0.6 is 0 Å². The Labute approximate surface area is 100 Å². The molecule has 0 saturated heterocycles. The Hall–Kier alpha value is -0.790. The molecule has 0 heterocycles. The highest BCUT2D eigenvalue weighted by Crippen LogP contribution is 2.09. The number of unbranched alkanes of at least 4 members (excludes halogenated alkanes) is 7. The van der Waals surface area contributed by atoms with Crippen LogP contribution in [0, 0.1) is 6.61 Å². The van der Waals surface area contributed by atoms with Gasteiger partial charge in [-0.25, -0.2) is 4.79 Å². The smallest absolute Gasteiger partial charge is 0.333 e. The van der Waals surface area contributed by atoms with Crippen molar-refractivity contribution in [3.05, 3.63) is 18.8 Å². The van der Waals surface area contributed by atoms with E-state index in [1.807, 2.05) is 0 Å². The topological polar surface area (TPSA) is 26.3 Å². The minimum atomic E-state index is -0.317. The van der Waals surface area contributed by atoms with Gasteiger partial charge in [0, 0.05) is 5.57 Å². The molecule has 2 heteroatoms. The van der Waals surface area contributed by atoms with E-state index in [1.54, 1.807) is 13.5 Å². The van der Waals surface area contributed by atoms with Crippen molar-refractivity contribution in [1.29, 1.82) is 0 Å².